The molecule has 3 rings (SSSR count). The first kappa shape index (κ1) is 47.6. The Hall–Kier alpha value is -4.75. The molecular formula is C44H67N5O9. The summed E-state index contributed by atoms with van der Waals surface area (Å²) in [5.41, 5.74) is -0.642. The van der Waals surface area contributed by atoms with Gasteiger partial charge in [-0.15, -0.1) is 6.58 Å². The van der Waals surface area contributed by atoms with Crippen molar-refractivity contribution in [3.8, 4) is 0 Å². The number of likely N-dealkylation sites (N-methyl/N-ethyl adjacent to an activating group) is 2. The van der Waals surface area contributed by atoms with Gasteiger partial charge >= 0.3 is 11.9 Å². The van der Waals surface area contributed by atoms with Crippen LogP contribution in [0.4, 0.5) is 0 Å². The van der Waals surface area contributed by atoms with E-state index in [2.05, 4.69) is 17.2 Å². The summed E-state index contributed by atoms with van der Waals surface area (Å²) in [6.45, 7) is 19.4. The molecule has 2 aliphatic heterocycles. The first-order chi connectivity index (χ1) is 27.1. The highest BCUT2D eigenvalue weighted by atomic mass is 16.6. The van der Waals surface area contributed by atoms with Crippen LogP contribution < -0.4 is 10.6 Å². The summed E-state index contributed by atoms with van der Waals surface area (Å²) in [6.07, 6.45) is 1.68. The van der Waals surface area contributed by atoms with Crippen LogP contribution in [0, 0.1) is 23.2 Å². The molecule has 0 aromatic heterocycles. The van der Waals surface area contributed by atoms with E-state index in [1.54, 1.807) is 85.7 Å². The van der Waals surface area contributed by atoms with Gasteiger partial charge in [0.25, 0.3) is 5.91 Å². The fourth-order valence-electron chi connectivity index (χ4n) is 7.51. The zero-order valence-corrected chi connectivity index (χ0v) is 36.4. The lowest BCUT2D eigenvalue weighted by Crippen LogP contribution is -2.60. The molecule has 322 valence electrons. The average molecular weight is 810 g/mol. The molecule has 14 nitrogen and oxygen atoms in total. The molecule has 14 heteroatoms. The van der Waals surface area contributed by atoms with Gasteiger partial charge in [0.1, 0.15) is 36.3 Å². The molecule has 1 aromatic rings. The Morgan fingerprint density at radius 3 is 2.00 bits per heavy atom. The van der Waals surface area contributed by atoms with Crippen LogP contribution in [0.15, 0.2) is 43.0 Å². The summed E-state index contributed by atoms with van der Waals surface area (Å²) in [7, 11) is 2.94. The van der Waals surface area contributed by atoms with Crippen molar-refractivity contribution in [2.24, 2.45) is 23.2 Å². The third-order valence-electron chi connectivity index (χ3n) is 11.5. The second kappa shape index (κ2) is 20.8. The highest BCUT2D eigenvalue weighted by Gasteiger charge is 2.46. The number of hydrogen-bond acceptors (Lipinski definition) is 9. The van der Waals surface area contributed by atoms with E-state index >= 15 is 0 Å². The summed E-state index contributed by atoms with van der Waals surface area (Å²) in [4.78, 5) is 103. The number of cyclic esters (lactones) is 2. The minimum absolute atomic E-state index is 0.0142. The van der Waals surface area contributed by atoms with Crippen molar-refractivity contribution in [1.29, 1.82) is 0 Å². The van der Waals surface area contributed by atoms with Crippen LogP contribution in [0.1, 0.15) is 100.0 Å². The molecule has 58 heavy (non-hydrogen) atoms. The van der Waals surface area contributed by atoms with Crippen molar-refractivity contribution in [3.05, 3.63) is 48.6 Å². The molecule has 0 spiro atoms. The maximum Gasteiger partial charge on any atom is 0.329 e. The topological polar surface area (TPSA) is 172 Å². The van der Waals surface area contributed by atoms with E-state index in [0.29, 0.717) is 25.7 Å². The molecule has 2 aliphatic rings. The van der Waals surface area contributed by atoms with Gasteiger partial charge < -0.3 is 34.8 Å². The summed E-state index contributed by atoms with van der Waals surface area (Å²) in [6, 6.07) is 3.70. The van der Waals surface area contributed by atoms with Crippen molar-refractivity contribution < 1.29 is 43.0 Å². The van der Waals surface area contributed by atoms with Gasteiger partial charge in [0.15, 0.2) is 6.10 Å². The third kappa shape index (κ3) is 11.5. The molecule has 1 aromatic carbocycles. The van der Waals surface area contributed by atoms with Crippen LogP contribution in [0.2, 0.25) is 0 Å². The van der Waals surface area contributed by atoms with E-state index in [9.17, 15) is 33.6 Å². The number of benzene rings is 1. The van der Waals surface area contributed by atoms with Crippen LogP contribution in [0.25, 0.3) is 0 Å². The number of unbranched alkanes of at least 4 members (excludes halogenated alkanes) is 1. The number of hydrogen-bond donors (Lipinski definition) is 2. The molecule has 2 saturated heterocycles. The number of allylic oxidation sites excluding steroid dienone is 1. The molecule has 2 fully saturated rings. The number of amides is 5. The van der Waals surface area contributed by atoms with Crippen LogP contribution in [-0.4, -0.2) is 119 Å². The number of esters is 2. The van der Waals surface area contributed by atoms with Gasteiger partial charge in [-0.25, -0.2) is 9.59 Å². The monoisotopic (exact) mass is 809 g/mol. The molecule has 2 N–H and O–H groups in total. The summed E-state index contributed by atoms with van der Waals surface area (Å²) < 4.78 is 12.2. The predicted octanol–water partition coefficient (Wildman–Crippen LogP) is 4.05. The normalized spacial score (nSPS) is 27.4. The predicted molar refractivity (Wildman–Crippen MR) is 220 cm³/mol. The second-order valence-corrected chi connectivity index (χ2v) is 17.4. The Kier molecular flexibility index (Phi) is 17.1. The number of carbonyl (C=O) groups excluding carboxylic acids is 7. The average Bonchev–Trinajstić information content (AvgIpc) is 3.66. The number of ether oxygens (including phenoxy) is 2. The van der Waals surface area contributed by atoms with Crippen molar-refractivity contribution in [3.63, 3.8) is 0 Å². The molecular weight excluding hydrogens is 743 g/mol. The van der Waals surface area contributed by atoms with Crippen LogP contribution in [0.5, 0.6) is 0 Å². The zero-order valence-electron chi connectivity index (χ0n) is 36.4. The van der Waals surface area contributed by atoms with E-state index in [4.69, 9.17) is 9.47 Å². The van der Waals surface area contributed by atoms with Gasteiger partial charge in [-0.2, -0.15) is 0 Å². The van der Waals surface area contributed by atoms with E-state index in [1.165, 1.54) is 35.7 Å². The van der Waals surface area contributed by atoms with E-state index < -0.39 is 107 Å². The standard InChI is InChI=1S/C44H67N5O9/c1-13-14-16-23-33-44(9,10)43(56)46-34(26(2)3)40(53)48(12)36(28(6)7)42(55)57-32(25-30-20-17-15-18-21-30)39(52)49-24-19-22-31(49)38(51)47(11)29(8)37(50)45-35(27(4)5)41(54)58-33/h13,15,17-18,20-21,26-29,31-36H,1,14,16,19,22-25H2,2-12H3,(H,45,50)(H,46,56)/t29-,31-,32-,33-,34-,35-,36-/m0/s1. The minimum atomic E-state index is -1.36. The fraction of sp³-hybridized carbons (Fsp3) is 0.659. The maximum atomic E-state index is 14.5. The number of carbonyl (C=O) groups is 7. The van der Waals surface area contributed by atoms with Gasteiger partial charge in [-0.3, -0.25) is 24.0 Å². The Bertz CT molecular complexity index is 1640. The smallest absolute Gasteiger partial charge is 0.329 e. The van der Waals surface area contributed by atoms with Crippen molar-refractivity contribution in [1.82, 2.24) is 25.3 Å². The Morgan fingerprint density at radius 1 is 0.810 bits per heavy atom. The number of nitrogens with one attached hydrogen (secondary N) is 2. The Labute approximate surface area is 344 Å². The first-order valence-corrected chi connectivity index (χ1v) is 20.7. The Morgan fingerprint density at radius 2 is 1.43 bits per heavy atom. The van der Waals surface area contributed by atoms with Gasteiger partial charge in [-0.05, 0) is 76.2 Å². The molecule has 0 unspecified atom stereocenters. The van der Waals surface area contributed by atoms with Gasteiger partial charge in [0, 0.05) is 27.1 Å². The highest BCUT2D eigenvalue weighted by molar-refractivity contribution is 5.96. The van der Waals surface area contributed by atoms with Crippen molar-refractivity contribution in [2.45, 2.75) is 143 Å². The van der Waals surface area contributed by atoms with Crippen molar-refractivity contribution in [2.75, 3.05) is 20.6 Å². The molecule has 5 amide bonds. The Balaban J connectivity index is 2.18. The lowest BCUT2D eigenvalue weighted by atomic mass is 9.82. The highest BCUT2D eigenvalue weighted by Crippen LogP contribution is 2.30. The van der Waals surface area contributed by atoms with Crippen LogP contribution in [-0.2, 0) is 49.5 Å². The molecule has 0 radical (unpaired) electrons. The van der Waals surface area contributed by atoms with Gasteiger partial charge in [-0.1, -0.05) is 78.0 Å². The molecule has 2 heterocycles. The summed E-state index contributed by atoms with van der Waals surface area (Å²) in [5, 5.41) is 5.67. The van der Waals surface area contributed by atoms with E-state index in [1.807, 2.05) is 6.07 Å². The minimum Gasteiger partial charge on any atom is -0.460 e. The quantitative estimate of drug-likeness (QED) is 0.212. The lowest BCUT2D eigenvalue weighted by molar-refractivity contribution is -0.169. The maximum absolute atomic E-state index is 14.5. The van der Waals surface area contributed by atoms with Gasteiger partial charge in [0.05, 0.1) is 5.41 Å². The second-order valence-electron chi connectivity index (χ2n) is 17.4. The first-order valence-electron chi connectivity index (χ1n) is 20.7. The van der Waals surface area contributed by atoms with E-state index in [0.717, 1.165) is 5.56 Å². The van der Waals surface area contributed by atoms with E-state index in [-0.39, 0.29) is 19.4 Å². The lowest BCUT2D eigenvalue weighted by Gasteiger charge is -2.38. The third-order valence-corrected chi connectivity index (χ3v) is 11.5. The summed E-state index contributed by atoms with van der Waals surface area (Å²) in [5.74, 6) is -5.65. The molecule has 0 bridgehead atoms. The van der Waals surface area contributed by atoms with Crippen LogP contribution >= 0.6 is 0 Å². The van der Waals surface area contributed by atoms with Crippen molar-refractivity contribution >= 4 is 41.5 Å². The number of fused-ring (bicyclic) bond motifs is 1. The number of rotatable bonds is 9. The number of nitrogens with zero attached hydrogens (tertiary/aromatic N) is 3. The molecule has 7 atom stereocenters. The SMILES string of the molecule is C=CCCC[C@@H]1OC(=O)[C@H](C(C)C)NC(=O)[C@H](C)N(C)C(=O)[C@@H]2CCCN2C(=O)[C@H](Cc2ccccc2)OC(=O)[C@H](C(C)C)N(C)C(=O)[C@H](C(C)C)NC(=O)C1(C)C. The zero-order chi connectivity index (χ0) is 43.6. The summed E-state index contributed by atoms with van der Waals surface area (Å²) >= 11 is 0. The molecule has 0 aliphatic carbocycles. The van der Waals surface area contributed by atoms with Crippen LogP contribution in [0.3, 0.4) is 0 Å². The fourth-order valence-corrected chi connectivity index (χ4v) is 7.51. The largest absolute Gasteiger partial charge is 0.460 e. The van der Waals surface area contributed by atoms with Gasteiger partial charge in [0.2, 0.25) is 23.6 Å². The molecule has 0 saturated carbocycles.